The highest BCUT2D eigenvalue weighted by molar-refractivity contribution is 5.95. The van der Waals surface area contributed by atoms with Gasteiger partial charge in [-0.2, -0.15) is 0 Å². The van der Waals surface area contributed by atoms with Crippen molar-refractivity contribution in [3.05, 3.63) is 65.7 Å². The third-order valence-electron chi connectivity index (χ3n) is 7.60. The summed E-state index contributed by atoms with van der Waals surface area (Å²) in [6.45, 7) is -0.636. The van der Waals surface area contributed by atoms with Gasteiger partial charge in [-0.1, -0.05) is 42.5 Å². The second-order valence-corrected chi connectivity index (χ2v) is 11.8. The smallest absolute Gasteiger partial charge is 0.326 e. The molecule has 17 N–H and O–H groups in total. The molecule has 0 aliphatic heterocycles. The summed E-state index contributed by atoms with van der Waals surface area (Å²) >= 11 is 0. The average molecular weight is 728 g/mol. The molecule has 0 aliphatic rings. The van der Waals surface area contributed by atoms with Crippen LogP contribution in [0.5, 0.6) is 5.75 Å². The molecule has 19 heteroatoms. The highest BCUT2D eigenvalue weighted by Crippen LogP contribution is 2.13. The van der Waals surface area contributed by atoms with Crippen LogP contribution in [0.4, 0.5) is 0 Å². The molecule has 2 aromatic carbocycles. The molecule has 0 heterocycles. The van der Waals surface area contributed by atoms with E-state index in [2.05, 4.69) is 31.3 Å². The molecule has 52 heavy (non-hydrogen) atoms. The number of carboxylic acids is 1. The number of nitrogens with two attached hydrogens (primary N) is 5. The van der Waals surface area contributed by atoms with Crippen molar-refractivity contribution in [2.24, 2.45) is 38.7 Å². The standard InChI is InChI=1S/C33H49N11O8/c34-22(16-19-6-2-1-3-7-19)27(47)44-26(18-45)30(50)41-23(8-4-14-39-32(35)36)28(48)43-25(17-20-10-12-21(46)13-11-20)29(49)42-24(31(51)52)9-5-15-40-33(37)38/h1-3,6-7,10-13,22-26,45-46H,4-5,8-9,14-18,34H2,(H,41,50)(H,42,49)(H,43,48)(H,44,47)(H,51,52)(H4,35,36,39)(H4,37,38,40)/t22-,23-,24-,25-,26-/m0/s1. The molecule has 284 valence electrons. The third-order valence-corrected chi connectivity index (χ3v) is 7.60. The summed E-state index contributed by atoms with van der Waals surface area (Å²) in [7, 11) is 0. The number of hydrogen-bond donors (Lipinski definition) is 12. The second kappa shape index (κ2) is 22.0. The second-order valence-electron chi connectivity index (χ2n) is 11.8. The minimum absolute atomic E-state index is 0.0372. The molecular formula is C33H49N11O8. The monoisotopic (exact) mass is 727 g/mol. The molecule has 0 bridgehead atoms. The number of aliphatic hydroxyl groups excluding tert-OH is 1. The summed E-state index contributed by atoms with van der Waals surface area (Å²) < 4.78 is 0. The van der Waals surface area contributed by atoms with Gasteiger partial charge in [0.25, 0.3) is 0 Å². The summed E-state index contributed by atoms with van der Waals surface area (Å²) in [6.07, 6.45) is 0.329. The van der Waals surface area contributed by atoms with Crippen molar-refractivity contribution in [3.8, 4) is 5.75 Å². The van der Waals surface area contributed by atoms with Crippen LogP contribution in [-0.2, 0) is 36.8 Å². The van der Waals surface area contributed by atoms with Crippen molar-refractivity contribution >= 4 is 41.5 Å². The van der Waals surface area contributed by atoms with Gasteiger partial charge in [-0.15, -0.1) is 0 Å². The summed E-state index contributed by atoms with van der Waals surface area (Å²) in [6, 6.07) is 8.08. The fourth-order valence-electron chi connectivity index (χ4n) is 4.86. The number of guanidine groups is 2. The summed E-state index contributed by atoms with van der Waals surface area (Å²) in [5.41, 5.74) is 28.7. The Bertz CT molecular complexity index is 1530. The molecule has 0 aromatic heterocycles. The Labute approximate surface area is 300 Å². The van der Waals surface area contributed by atoms with Gasteiger partial charge < -0.3 is 65.3 Å². The number of carbonyl (C=O) groups is 5. The molecular weight excluding hydrogens is 678 g/mol. The van der Waals surface area contributed by atoms with E-state index in [0.717, 1.165) is 5.56 Å². The molecule has 5 atom stereocenters. The molecule has 2 aromatic rings. The number of nitrogens with zero attached hydrogens (tertiary/aromatic N) is 2. The highest BCUT2D eigenvalue weighted by Gasteiger charge is 2.32. The summed E-state index contributed by atoms with van der Waals surface area (Å²) in [5, 5.41) is 39.3. The molecule has 0 radical (unpaired) electrons. The number of nitrogens with one attached hydrogen (secondary N) is 4. The molecule has 0 spiro atoms. The van der Waals surface area contributed by atoms with Crippen LogP contribution >= 0.6 is 0 Å². The van der Waals surface area contributed by atoms with Crippen molar-refractivity contribution in [1.29, 1.82) is 0 Å². The Hall–Kier alpha value is -5.95. The summed E-state index contributed by atoms with van der Waals surface area (Å²) in [4.78, 5) is 73.1. The maximum atomic E-state index is 13.7. The van der Waals surface area contributed by atoms with Crippen LogP contribution < -0.4 is 49.9 Å². The minimum atomic E-state index is -1.49. The van der Waals surface area contributed by atoms with Gasteiger partial charge in [0.05, 0.1) is 12.6 Å². The zero-order valence-corrected chi connectivity index (χ0v) is 28.6. The fourth-order valence-corrected chi connectivity index (χ4v) is 4.86. The van der Waals surface area contributed by atoms with Crippen LogP contribution in [0.15, 0.2) is 64.6 Å². The highest BCUT2D eigenvalue weighted by atomic mass is 16.4. The van der Waals surface area contributed by atoms with Crippen LogP contribution in [0.2, 0.25) is 0 Å². The Morgan fingerprint density at radius 2 is 1.08 bits per heavy atom. The number of aliphatic imine (C=N–C) groups is 2. The quantitative estimate of drug-likeness (QED) is 0.0320. The van der Waals surface area contributed by atoms with Gasteiger partial charge in [0.15, 0.2) is 11.9 Å². The maximum absolute atomic E-state index is 13.7. The predicted octanol–water partition coefficient (Wildman–Crippen LogP) is -3.37. The van der Waals surface area contributed by atoms with E-state index in [4.69, 9.17) is 28.7 Å². The van der Waals surface area contributed by atoms with E-state index in [1.54, 1.807) is 30.3 Å². The number of aliphatic carboxylic acids is 1. The first-order valence-electron chi connectivity index (χ1n) is 16.4. The Morgan fingerprint density at radius 1 is 0.615 bits per heavy atom. The van der Waals surface area contributed by atoms with Gasteiger partial charge in [-0.05, 0) is 55.4 Å². The third kappa shape index (κ3) is 15.7. The first-order valence-corrected chi connectivity index (χ1v) is 16.4. The fraction of sp³-hybridized carbons (Fsp3) is 0.424. The largest absolute Gasteiger partial charge is 0.508 e. The normalized spacial score (nSPS) is 13.6. The molecule has 19 nitrogen and oxygen atoms in total. The number of phenols is 1. The van der Waals surface area contributed by atoms with Crippen molar-refractivity contribution < 1.29 is 39.3 Å². The van der Waals surface area contributed by atoms with E-state index in [9.17, 15) is 39.3 Å². The van der Waals surface area contributed by atoms with Crippen LogP contribution in [-0.4, -0.2) is 107 Å². The van der Waals surface area contributed by atoms with Crippen molar-refractivity contribution in [2.45, 2.75) is 68.7 Å². The lowest BCUT2D eigenvalue weighted by molar-refractivity contribution is -0.142. The lowest BCUT2D eigenvalue weighted by Gasteiger charge is -2.26. The number of carbonyl (C=O) groups excluding carboxylic acids is 4. The summed E-state index contributed by atoms with van der Waals surface area (Å²) in [5.74, 6) is -5.09. The molecule has 0 saturated carbocycles. The molecule has 0 saturated heterocycles. The number of rotatable bonds is 22. The number of aromatic hydroxyl groups is 1. The number of hydrogen-bond acceptors (Lipinski definition) is 10. The van der Waals surface area contributed by atoms with Gasteiger partial charge in [0.2, 0.25) is 23.6 Å². The van der Waals surface area contributed by atoms with Crippen LogP contribution in [0, 0.1) is 0 Å². The van der Waals surface area contributed by atoms with E-state index in [1.807, 2.05) is 0 Å². The van der Waals surface area contributed by atoms with Crippen LogP contribution in [0.25, 0.3) is 0 Å². The van der Waals surface area contributed by atoms with Gasteiger partial charge in [0.1, 0.15) is 29.9 Å². The number of amides is 4. The lowest BCUT2D eigenvalue weighted by Crippen LogP contribution is -2.59. The molecule has 0 unspecified atom stereocenters. The minimum Gasteiger partial charge on any atom is -0.508 e. The van der Waals surface area contributed by atoms with Gasteiger partial charge in [-0.25, -0.2) is 4.79 Å². The number of benzene rings is 2. The predicted molar refractivity (Wildman–Crippen MR) is 192 cm³/mol. The van der Waals surface area contributed by atoms with Crippen LogP contribution in [0.3, 0.4) is 0 Å². The van der Waals surface area contributed by atoms with E-state index < -0.39 is 66.4 Å². The molecule has 0 fully saturated rings. The first kappa shape index (κ1) is 42.2. The van der Waals surface area contributed by atoms with Gasteiger partial charge in [0, 0.05) is 19.5 Å². The average Bonchev–Trinajstić information content (AvgIpc) is 3.10. The van der Waals surface area contributed by atoms with E-state index in [-0.39, 0.29) is 69.3 Å². The van der Waals surface area contributed by atoms with Crippen molar-refractivity contribution in [2.75, 3.05) is 19.7 Å². The topological polar surface area (TPSA) is 349 Å². The van der Waals surface area contributed by atoms with E-state index >= 15 is 0 Å². The Balaban J connectivity index is 2.27. The Kier molecular flexibility index (Phi) is 17.9. The zero-order valence-electron chi connectivity index (χ0n) is 28.6. The lowest BCUT2D eigenvalue weighted by atomic mass is 10.0. The Morgan fingerprint density at radius 3 is 1.62 bits per heavy atom. The van der Waals surface area contributed by atoms with Crippen molar-refractivity contribution in [3.63, 3.8) is 0 Å². The molecule has 4 amide bonds. The number of phenolic OH excluding ortho intramolecular Hbond substituents is 1. The van der Waals surface area contributed by atoms with E-state index in [0.29, 0.717) is 5.56 Å². The number of carboxylic acid groups (broad SMARTS) is 1. The molecule has 2 rings (SSSR count). The van der Waals surface area contributed by atoms with Gasteiger partial charge in [-0.3, -0.25) is 29.2 Å². The van der Waals surface area contributed by atoms with Crippen molar-refractivity contribution in [1.82, 2.24) is 21.3 Å². The van der Waals surface area contributed by atoms with Crippen LogP contribution in [0.1, 0.15) is 36.8 Å². The molecule has 0 aliphatic carbocycles. The van der Waals surface area contributed by atoms with E-state index in [1.165, 1.54) is 24.3 Å². The first-order chi connectivity index (χ1) is 24.7. The number of aliphatic hydroxyl groups is 1. The van der Waals surface area contributed by atoms with Gasteiger partial charge >= 0.3 is 5.97 Å². The zero-order chi connectivity index (χ0) is 38.6. The maximum Gasteiger partial charge on any atom is 0.326 e. The SMILES string of the molecule is NC(N)=NCCC[C@H](NC(=O)[C@H](Cc1ccc(O)cc1)NC(=O)[C@H](CCCN=C(N)N)NC(=O)[C@H](CO)NC(=O)[C@@H](N)Cc1ccccc1)C(=O)O.